The first-order chi connectivity index (χ1) is 14.8. The third kappa shape index (κ3) is 6.97. The van der Waals surface area contributed by atoms with E-state index in [2.05, 4.69) is 30.2 Å². The Morgan fingerprint density at radius 1 is 1.10 bits per heavy atom. The summed E-state index contributed by atoms with van der Waals surface area (Å²) >= 11 is 0. The smallest absolute Gasteiger partial charge is 0.188 e. The monoisotopic (exact) mass is 443 g/mol. The van der Waals surface area contributed by atoms with Gasteiger partial charge in [0.2, 0.25) is 0 Å². The lowest BCUT2D eigenvalue weighted by atomic mass is 9.98. The first kappa shape index (κ1) is 24.7. The molecule has 0 amide bonds. The molecule has 0 bridgehead atoms. The van der Waals surface area contributed by atoms with E-state index in [0.717, 1.165) is 16.8 Å². The van der Waals surface area contributed by atoms with Crippen LogP contribution in [0.4, 0.5) is 5.69 Å². The zero-order valence-electron chi connectivity index (χ0n) is 18.7. The van der Waals surface area contributed by atoms with Gasteiger partial charge in [0.05, 0.1) is 16.3 Å². The average Bonchev–Trinajstić information content (AvgIpc) is 2.73. The zero-order valence-corrected chi connectivity index (χ0v) is 19.5. The molecule has 2 rings (SSSR count). The molecule has 0 N–H and O–H groups in total. The fourth-order valence-electron chi connectivity index (χ4n) is 3.61. The molecular formula is C25H33NO4S. The van der Waals surface area contributed by atoms with Gasteiger partial charge in [-0.15, -0.1) is 13.2 Å². The minimum absolute atomic E-state index is 0.0625. The van der Waals surface area contributed by atoms with Crippen LogP contribution >= 0.6 is 0 Å². The second kappa shape index (κ2) is 11.7. The molecule has 0 heterocycles. The van der Waals surface area contributed by atoms with Crippen molar-refractivity contribution < 1.29 is 17.9 Å². The Morgan fingerprint density at radius 3 is 2.32 bits per heavy atom. The molecule has 0 aromatic heterocycles. The molecule has 0 aliphatic heterocycles. The van der Waals surface area contributed by atoms with Crippen LogP contribution in [0.1, 0.15) is 18.1 Å². The van der Waals surface area contributed by atoms with Crippen LogP contribution in [0.5, 0.6) is 5.75 Å². The van der Waals surface area contributed by atoms with E-state index >= 15 is 0 Å². The maximum Gasteiger partial charge on any atom is 0.188 e. The van der Waals surface area contributed by atoms with E-state index < -0.39 is 9.84 Å². The van der Waals surface area contributed by atoms with Gasteiger partial charge >= 0.3 is 0 Å². The van der Waals surface area contributed by atoms with Crippen LogP contribution in [0.3, 0.4) is 0 Å². The van der Waals surface area contributed by atoms with Crippen molar-refractivity contribution in [3.05, 3.63) is 78.9 Å². The highest BCUT2D eigenvalue weighted by Crippen LogP contribution is 2.36. The van der Waals surface area contributed by atoms with Crippen LogP contribution in [0.25, 0.3) is 0 Å². The van der Waals surface area contributed by atoms with Crippen molar-refractivity contribution in [3.63, 3.8) is 0 Å². The van der Waals surface area contributed by atoms with Gasteiger partial charge in [0.25, 0.3) is 0 Å². The van der Waals surface area contributed by atoms with Crippen LogP contribution in [-0.2, 0) is 21.0 Å². The van der Waals surface area contributed by atoms with Gasteiger partial charge in [-0.2, -0.15) is 0 Å². The first-order valence-electron chi connectivity index (χ1n) is 10.3. The second-order valence-electron chi connectivity index (χ2n) is 7.71. The van der Waals surface area contributed by atoms with Gasteiger partial charge in [-0.3, -0.25) is 0 Å². The number of methoxy groups -OCH3 is 1. The summed E-state index contributed by atoms with van der Waals surface area (Å²) in [5, 5.41) is 0. The Bertz CT molecular complexity index is 961. The summed E-state index contributed by atoms with van der Waals surface area (Å²) in [5.74, 6) is 0.671. The van der Waals surface area contributed by atoms with Crippen LogP contribution in [0.2, 0.25) is 0 Å². The summed E-state index contributed by atoms with van der Waals surface area (Å²) in [6, 6.07) is 12.7. The Balaban J connectivity index is 2.37. The molecule has 0 saturated carbocycles. The molecule has 0 unspecified atom stereocenters. The predicted octanol–water partition coefficient (Wildman–Crippen LogP) is 4.81. The maximum absolute atomic E-state index is 12.8. The first-order valence-corrected chi connectivity index (χ1v) is 12.0. The van der Waals surface area contributed by atoms with Crippen molar-refractivity contribution >= 4 is 15.5 Å². The average molecular weight is 444 g/mol. The molecule has 1 atom stereocenters. The van der Waals surface area contributed by atoms with Crippen LogP contribution in [0.15, 0.2) is 72.7 Å². The molecule has 0 radical (unpaired) electrons. The third-order valence-corrected chi connectivity index (χ3v) is 6.82. The Hall–Kier alpha value is -2.57. The molecule has 2 aromatic carbocycles. The van der Waals surface area contributed by atoms with E-state index in [4.69, 9.17) is 9.47 Å². The lowest BCUT2D eigenvalue weighted by Crippen LogP contribution is -2.25. The number of hydrogen-bond acceptors (Lipinski definition) is 5. The van der Waals surface area contributed by atoms with Gasteiger partial charge in [-0.1, -0.05) is 43.3 Å². The van der Waals surface area contributed by atoms with Gasteiger partial charge in [-0.05, 0) is 48.6 Å². The van der Waals surface area contributed by atoms with E-state index in [1.165, 1.54) is 0 Å². The minimum atomic E-state index is -3.37. The molecule has 31 heavy (non-hydrogen) atoms. The fraction of sp³-hybridized carbons (Fsp3) is 0.360. The van der Waals surface area contributed by atoms with Crippen molar-refractivity contribution in [3.8, 4) is 5.75 Å². The van der Waals surface area contributed by atoms with Crippen molar-refractivity contribution in [1.29, 1.82) is 0 Å². The molecule has 5 nitrogen and oxygen atoms in total. The summed E-state index contributed by atoms with van der Waals surface area (Å²) in [6.45, 7) is 13.1. The topological polar surface area (TPSA) is 55.8 Å². The summed E-state index contributed by atoms with van der Waals surface area (Å²) in [5.41, 5.74) is 2.96. The molecule has 0 spiro atoms. The Kier molecular flexibility index (Phi) is 9.34. The number of hydrogen-bond donors (Lipinski definition) is 0. The van der Waals surface area contributed by atoms with Gasteiger partial charge in [-0.25, -0.2) is 8.42 Å². The molecule has 0 aliphatic carbocycles. The maximum atomic E-state index is 12.8. The van der Waals surface area contributed by atoms with E-state index in [9.17, 15) is 8.42 Å². The number of sulfone groups is 1. The van der Waals surface area contributed by atoms with Gasteiger partial charge in [0.15, 0.2) is 16.6 Å². The molecule has 0 aliphatic rings. The van der Waals surface area contributed by atoms with Crippen molar-refractivity contribution in [2.45, 2.75) is 25.2 Å². The van der Waals surface area contributed by atoms with Crippen molar-refractivity contribution in [1.82, 2.24) is 0 Å². The summed E-state index contributed by atoms with van der Waals surface area (Å²) in [7, 11) is -1.79. The number of aryl methyl sites for hydroxylation is 1. The fourth-order valence-corrected chi connectivity index (χ4v) is 5.25. The van der Waals surface area contributed by atoms with Gasteiger partial charge in [0, 0.05) is 20.2 Å². The van der Waals surface area contributed by atoms with Crippen molar-refractivity contribution in [2.75, 3.05) is 37.6 Å². The summed E-state index contributed by atoms with van der Waals surface area (Å²) in [6.07, 6.45) is 4.23. The Morgan fingerprint density at radius 2 is 1.74 bits per heavy atom. The van der Waals surface area contributed by atoms with E-state index in [1.807, 2.05) is 32.1 Å². The van der Waals surface area contributed by atoms with Gasteiger partial charge in [0.1, 0.15) is 5.75 Å². The van der Waals surface area contributed by atoms with Gasteiger partial charge < -0.3 is 14.4 Å². The lowest BCUT2D eigenvalue weighted by molar-refractivity contribution is 0.0506. The highest BCUT2D eigenvalue weighted by atomic mass is 32.2. The highest BCUT2D eigenvalue weighted by Gasteiger charge is 2.22. The quantitative estimate of drug-likeness (QED) is 0.328. The largest absolute Gasteiger partial charge is 0.465 e. The van der Waals surface area contributed by atoms with Crippen LogP contribution < -0.4 is 9.64 Å². The molecule has 0 saturated heterocycles. The van der Waals surface area contributed by atoms with Crippen LogP contribution in [-0.4, -0.2) is 41.2 Å². The number of rotatable bonds is 13. The van der Waals surface area contributed by atoms with E-state index in [-0.39, 0.29) is 18.5 Å². The molecule has 6 heteroatoms. The Labute approximate surface area is 186 Å². The zero-order chi connectivity index (χ0) is 22.9. The lowest BCUT2D eigenvalue weighted by Gasteiger charge is -2.27. The molecule has 168 valence electrons. The highest BCUT2D eigenvalue weighted by molar-refractivity contribution is 7.91. The number of anilines is 1. The standard InChI is InChI=1S/C25H33NO4S/c1-6-13-26(14-7-2)24-17-20(3)15-22(25(24)30-19-29-5)16-21(4)18-31(27,28)23-11-9-8-10-12-23/h6-12,15,17,21H,1-2,13-14,16,18-19H2,3-5H3/t21-/m1/s1. The molecule has 2 aromatic rings. The SMILES string of the molecule is C=CCN(CC=C)c1cc(C)cc(C[C@@H](C)CS(=O)(=O)c2ccccc2)c1OCOC. The van der Waals surface area contributed by atoms with E-state index in [1.54, 1.807) is 31.4 Å². The second-order valence-corrected chi connectivity index (χ2v) is 9.74. The van der Waals surface area contributed by atoms with E-state index in [0.29, 0.717) is 30.2 Å². The minimum Gasteiger partial charge on any atom is -0.465 e. The summed E-state index contributed by atoms with van der Waals surface area (Å²) < 4.78 is 36.8. The normalized spacial score (nSPS) is 12.2. The number of benzene rings is 2. The third-order valence-electron chi connectivity index (χ3n) is 4.83. The molecule has 0 fully saturated rings. The number of ether oxygens (including phenoxy) is 2. The van der Waals surface area contributed by atoms with Crippen LogP contribution in [0, 0.1) is 12.8 Å². The van der Waals surface area contributed by atoms with Crippen molar-refractivity contribution in [2.24, 2.45) is 5.92 Å². The molecular weight excluding hydrogens is 410 g/mol. The number of nitrogens with zero attached hydrogens (tertiary/aromatic N) is 1. The predicted molar refractivity (Wildman–Crippen MR) is 128 cm³/mol. The summed E-state index contributed by atoms with van der Waals surface area (Å²) in [4.78, 5) is 2.47.